The largest absolute Gasteiger partial charge is 0.303 e. The molecule has 1 nitrogen and oxygen atoms in total. The number of unbranched alkanes of at least 4 members (excludes halogenated alkanes) is 10. The van der Waals surface area contributed by atoms with E-state index in [4.69, 9.17) is 0 Å². The molecule has 0 aromatic heterocycles. The Morgan fingerprint density at radius 2 is 1.12 bits per heavy atom. The lowest BCUT2D eigenvalue weighted by Gasteiger charge is -1.98. The van der Waals surface area contributed by atoms with E-state index in [9.17, 15) is 4.79 Å². The van der Waals surface area contributed by atoms with Crippen LogP contribution in [0.15, 0.2) is 12.2 Å². The molecule has 0 rings (SSSR count). The van der Waals surface area contributed by atoms with E-state index < -0.39 is 0 Å². The number of hydrogen-bond acceptors (Lipinski definition) is 1. The van der Waals surface area contributed by atoms with E-state index in [0.29, 0.717) is 0 Å². The maximum Gasteiger partial charge on any atom is 0.119 e. The molecule has 0 N–H and O–H groups in total. The quantitative estimate of drug-likeness (QED) is 0.237. The molecule has 0 aromatic rings. The van der Waals surface area contributed by atoms with Gasteiger partial charge in [-0.15, -0.1) is 0 Å². The summed E-state index contributed by atoms with van der Waals surface area (Å²) in [6, 6.07) is 0. The Morgan fingerprint density at radius 1 is 0.647 bits per heavy atom. The predicted molar refractivity (Wildman–Crippen MR) is 76.3 cm³/mol. The van der Waals surface area contributed by atoms with E-state index in [1.165, 1.54) is 64.2 Å². The van der Waals surface area contributed by atoms with Crippen LogP contribution in [0.2, 0.25) is 0 Å². The molecule has 0 atom stereocenters. The van der Waals surface area contributed by atoms with Gasteiger partial charge in [-0.1, -0.05) is 57.6 Å². The lowest BCUT2D eigenvalue weighted by molar-refractivity contribution is -0.107. The second kappa shape index (κ2) is 15.4. The van der Waals surface area contributed by atoms with Crippen LogP contribution in [0.5, 0.6) is 0 Å². The summed E-state index contributed by atoms with van der Waals surface area (Å²) < 4.78 is 0. The number of rotatable bonds is 13. The fourth-order valence-corrected chi connectivity index (χ4v) is 1.94. The molecule has 100 valence electrons. The molecule has 0 unspecified atom stereocenters. The molecule has 0 fully saturated rings. The highest BCUT2D eigenvalue weighted by atomic mass is 16.1. The highest BCUT2D eigenvalue weighted by molar-refractivity contribution is 5.48. The summed E-state index contributed by atoms with van der Waals surface area (Å²) in [5.74, 6) is 0. The smallest absolute Gasteiger partial charge is 0.119 e. The average Bonchev–Trinajstić information content (AvgIpc) is 2.35. The number of hydrogen-bond donors (Lipinski definition) is 0. The zero-order valence-electron chi connectivity index (χ0n) is 11.6. The number of carbonyl (C=O) groups excluding carboxylic acids is 1. The number of allylic oxidation sites excluding steroid dienone is 2. The van der Waals surface area contributed by atoms with Crippen LogP contribution in [0, 0.1) is 0 Å². The van der Waals surface area contributed by atoms with Gasteiger partial charge < -0.3 is 4.79 Å². The van der Waals surface area contributed by atoms with Crippen LogP contribution in [-0.2, 0) is 4.79 Å². The van der Waals surface area contributed by atoms with Gasteiger partial charge in [-0.3, -0.25) is 0 Å². The van der Waals surface area contributed by atoms with Crippen molar-refractivity contribution in [3.05, 3.63) is 12.2 Å². The maximum atomic E-state index is 10.1. The zero-order chi connectivity index (χ0) is 12.6. The summed E-state index contributed by atoms with van der Waals surface area (Å²) in [5.41, 5.74) is 0. The van der Waals surface area contributed by atoms with Gasteiger partial charge in [-0.2, -0.15) is 0 Å². The molecular weight excluding hydrogens is 208 g/mol. The topological polar surface area (TPSA) is 17.1 Å². The van der Waals surface area contributed by atoms with E-state index in [0.717, 1.165) is 19.1 Å². The third-order valence-corrected chi connectivity index (χ3v) is 3.08. The summed E-state index contributed by atoms with van der Waals surface area (Å²) in [7, 11) is 0. The highest BCUT2D eigenvalue weighted by Crippen LogP contribution is 2.08. The van der Waals surface area contributed by atoms with Crippen molar-refractivity contribution in [3.63, 3.8) is 0 Å². The molecule has 0 saturated carbocycles. The molecule has 0 saturated heterocycles. The molecule has 0 aliphatic carbocycles. The Kier molecular flexibility index (Phi) is 14.9. The Labute approximate surface area is 108 Å². The Hall–Kier alpha value is -0.590. The van der Waals surface area contributed by atoms with E-state index in [-0.39, 0.29) is 0 Å². The van der Waals surface area contributed by atoms with Gasteiger partial charge in [0.25, 0.3) is 0 Å². The van der Waals surface area contributed by atoms with Crippen LogP contribution in [0.3, 0.4) is 0 Å². The second-order valence-corrected chi connectivity index (χ2v) is 4.83. The van der Waals surface area contributed by atoms with Gasteiger partial charge in [0.1, 0.15) is 6.29 Å². The lowest BCUT2D eigenvalue weighted by Crippen LogP contribution is -1.79. The predicted octanol–water partition coefficient (Wildman–Crippen LogP) is 5.44. The monoisotopic (exact) mass is 238 g/mol. The van der Waals surface area contributed by atoms with Gasteiger partial charge in [0.15, 0.2) is 0 Å². The van der Waals surface area contributed by atoms with Crippen LogP contribution in [0.4, 0.5) is 0 Å². The molecule has 0 amide bonds. The molecule has 0 bridgehead atoms. The normalized spacial score (nSPS) is 11.1. The van der Waals surface area contributed by atoms with E-state index in [2.05, 4.69) is 19.1 Å². The minimum absolute atomic E-state index is 0.738. The summed E-state index contributed by atoms with van der Waals surface area (Å²) in [6.07, 6.45) is 20.6. The van der Waals surface area contributed by atoms with Crippen LogP contribution < -0.4 is 0 Å². The van der Waals surface area contributed by atoms with E-state index in [1.54, 1.807) is 0 Å². The van der Waals surface area contributed by atoms with Crippen LogP contribution in [-0.4, -0.2) is 6.29 Å². The lowest BCUT2D eigenvalue weighted by atomic mass is 10.1. The maximum absolute atomic E-state index is 10.1. The first kappa shape index (κ1) is 16.4. The first-order valence-electron chi connectivity index (χ1n) is 7.50. The summed E-state index contributed by atoms with van der Waals surface area (Å²) in [5, 5.41) is 0. The average molecular weight is 238 g/mol. The first-order chi connectivity index (χ1) is 8.41. The molecule has 1 heteroatoms. The van der Waals surface area contributed by atoms with Crippen LogP contribution in [0.25, 0.3) is 0 Å². The second-order valence-electron chi connectivity index (χ2n) is 4.83. The van der Waals surface area contributed by atoms with Crippen LogP contribution in [0.1, 0.15) is 84.0 Å². The molecule has 0 aromatic carbocycles. The number of carbonyl (C=O) groups is 1. The number of aldehydes is 1. The van der Waals surface area contributed by atoms with Gasteiger partial charge in [0.2, 0.25) is 0 Å². The fourth-order valence-electron chi connectivity index (χ4n) is 1.94. The van der Waals surface area contributed by atoms with Gasteiger partial charge in [-0.05, 0) is 32.1 Å². The van der Waals surface area contributed by atoms with Gasteiger partial charge >= 0.3 is 0 Å². The molecule has 0 spiro atoms. The zero-order valence-corrected chi connectivity index (χ0v) is 11.6. The van der Waals surface area contributed by atoms with Gasteiger partial charge in [0.05, 0.1) is 0 Å². The van der Waals surface area contributed by atoms with Crippen molar-refractivity contribution in [2.24, 2.45) is 0 Å². The van der Waals surface area contributed by atoms with Crippen molar-refractivity contribution in [1.82, 2.24) is 0 Å². The van der Waals surface area contributed by atoms with Crippen molar-refractivity contribution in [1.29, 1.82) is 0 Å². The Morgan fingerprint density at radius 3 is 1.71 bits per heavy atom. The van der Waals surface area contributed by atoms with Crippen molar-refractivity contribution in [3.8, 4) is 0 Å². The SMILES string of the molecule is CCCCCCCCC=CCCCCCC=O. The molecule has 0 aliphatic rings. The molecule has 0 radical (unpaired) electrons. The van der Waals surface area contributed by atoms with E-state index in [1.807, 2.05) is 0 Å². The molecular formula is C16H30O. The molecule has 0 aliphatic heterocycles. The summed E-state index contributed by atoms with van der Waals surface area (Å²) in [6.45, 7) is 2.26. The highest BCUT2D eigenvalue weighted by Gasteiger charge is 1.89. The molecule has 17 heavy (non-hydrogen) atoms. The van der Waals surface area contributed by atoms with Gasteiger partial charge in [-0.25, -0.2) is 0 Å². The Balaban J connectivity index is 3.01. The minimum Gasteiger partial charge on any atom is -0.303 e. The van der Waals surface area contributed by atoms with E-state index >= 15 is 0 Å². The third kappa shape index (κ3) is 15.4. The molecule has 0 heterocycles. The van der Waals surface area contributed by atoms with Crippen molar-refractivity contribution in [2.75, 3.05) is 0 Å². The van der Waals surface area contributed by atoms with Gasteiger partial charge in [0, 0.05) is 6.42 Å². The third-order valence-electron chi connectivity index (χ3n) is 3.08. The van der Waals surface area contributed by atoms with Crippen molar-refractivity contribution < 1.29 is 4.79 Å². The Bertz CT molecular complexity index is 172. The summed E-state index contributed by atoms with van der Waals surface area (Å²) >= 11 is 0. The first-order valence-corrected chi connectivity index (χ1v) is 7.50. The van der Waals surface area contributed by atoms with Crippen molar-refractivity contribution in [2.45, 2.75) is 84.0 Å². The minimum atomic E-state index is 0.738. The van der Waals surface area contributed by atoms with Crippen LogP contribution >= 0.6 is 0 Å². The summed E-state index contributed by atoms with van der Waals surface area (Å²) in [4.78, 5) is 10.1. The van der Waals surface area contributed by atoms with Crippen molar-refractivity contribution >= 4 is 6.29 Å². The standard InChI is InChI=1S/C16H30O/c1-2-3-4-5-6-7-8-9-10-11-12-13-14-15-16-17/h9-10,16H,2-8,11-15H2,1H3. The fraction of sp³-hybridized carbons (Fsp3) is 0.812.